The number of hydrogen-bond donors (Lipinski definition) is 0. The Bertz CT molecular complexity index is 449. The molecule has 0 aromatic heterocycles. The number of halogens is 2. The van der Waals surface area contributed by atoms with Gasteiger partial charge in [-0.1, -0.05) is 23.8 Å². The zero-order valence-electron chi connectivity index (χ0n) is 8.80. The summed E-state index contributed by atoms with van der Waals surface area (Å²) in [6.45, 7) is 0. The first-order valence-corrected chi connectivity index (χ1v) is 5.29. The van der Waals surface area contributed by atoms with Crippen molar-refractivity contribution >= 4 is 5.78 Å². The van der Waals surface area contributed by atoms with E-state index in [0.29, 0.717) is 31.2 Å². The van der Waals surface area contributed by atoms with Crippen molar-refractivity contribution in [2.45, 2.75) is 25.7 Å². The van der Waals surface area contributed by atoms with E-state index in [2.05, 4.69) is 0 Å². The molecule has 1 aromatic carbocycles. The van der Waals surface area contributed by atoms with Gasteiger partial charge in [0.05, 0.1) is 0 Å². The third-order valence-corrected chi connectivity index (χ3v) is 2.79. The quantitative estimate of drug-likeness (QED) is 0.702. The van der Waals surface area contributed by atoms with Crippen LogP contribution in [0.5, 0.6) is 0 Å². The molecule has 3 heteroatoms. The average molecular weight is 222 g/mol. The molecule has 0 unspecified atom stereocenters. The van der Waals surface area contributed by atoms with Crippen LogP contribution in [0.4, 0.5) is 8.78 Å². The van der Waals surface area contributed by atoms with Gasteiger partial charge >= 0.3 is 0 Å². The summed E-state index contributed by atoms with van der Waals surface area (Å²) in [5.74, 6) is -1.38. The third-order valence-electron chi connectivity index (χ3n) is 2.79. The minimum atomic E-state index is -0.815. The van der Waals surface area contributed by atoms with Crippen LogP contribution in [-0.2, 0) is 11.2 Å². The van der Waals surface area contributed by atoms with Gasteiger partial charge in [0.15, 0.2) is 11.6 Å². The number of rotatable bonds is 2. The molecule has 0 fully saturated rings. The Kier molecular flexibility index (Phi) is 3.13. The van der Waals surface area contributed by atoms with Gasteiger partial charge < -0.3 is 0 Å². The van der Waals surface area contributed by atoms with Gasteiger partial charge in [-0.2, -0.15) is 0 Å². The fourth-order valence-corrected chi connectivity index (χ4v) is 1.85. The Labute approximate surface area is 92.8 Å². The number of carbonyl (C=O) groups excluding carboxylic acids is 1. The van der Waals surface area contributed by atoms with Crippen LogP contribution in [0.3, 0.4) is 0 Å². The maximum Gasteiger partial charge on any atom is 0.162 e. The molecule has 0 saturated carbocycles. The smallest absolute Gasteiger partial charge is 0.162 e. The van der Waals surface area contributed by atoms with Crippen molar-refractivity contribution in [2.24, 2.45) is 0 Å². The standard InChI is InChI=1S/C13H12F2O/c14-12-3-1-2-10(13(12)15)8-9-4-6-11(16)7-5-9/h1-4H,5-8H2. The maximum absolute atomic E-state index is 13.4. The van der Waals surface area contributed by atoms with Crippen LogP contribution < -0.4 is 0 Å². The van der Waals surface area contributed by atoms with E-state index in [4.69, 9.17) is 0 Å². The van der Waals surface area contributed by atoms with E-state index in [1.807, 2.05) is 6.08 Å². The molecule has 84 valence electrons. The molecule has 0 amide bonds. The molecule has 16 heavy (non-hydrogen) atoms. The molecule has 0 spiro atoms. The summed E-state index contributed by atoms with van der Waals surface area (Å²) >= 11 is 0. The largest absolute Gasteiger partial charge is 0.299 e. The molecule has 0 saturated heterocycles. The Hall–Kier alpha value is -1.51. The zero-order valence-corrected chi connectivity index (χ0v) is 8.80. The highest BCUT2D eigenvalue weighted by Gasteiger charge is 2.13. The molecule has 2 rings (SSSR count). The topological polar surface area (TPSA) is 17.1 Å². The summed E-state index contributed by atoms with van der Waals surface area (Å²) in [5.41, 5.74) is 1.38. The van der Waals surface area contributed by atoms with E-state index in [0.717, 1.165) is 11.6 Å². The van der Waals surface area contributed by atoms with Crippen LogP contribution in [0.1, 0.15) is 24.8 Å². The van der Waals surface area contributed by atoms with Crippen LogP contribution in [0.2, 0.25) is 0 Å². The maximum atomic E-state index is 13.4. The van der Waals surface area contributed by atoms with Crippen LogP contribution in [-0.4, -0.2) is 5.78 Å². The summed E-state index contributed by atoms with van der Waals surface area (Å²) < 4.78 is 26.3. The lowest BCUT2D eigenvalue weighted by atomic mass is 9.93. The van der Waals surface area contributed by atoms with Crippen LogP contribution in [0.15, 0.2) is 29.8 Å². The fraction of sp³-hybridized carbons (Fsp3) is 0.308. The van der Waals surface area contributed by atoms with Crippen molar-refractivity contribution in [2.75, 3.05) is 0 Å². The second-order valence-corrected chi connectivity index (χ2v) is 3.99. The summed E-state index contributed by atoms with van der Waals surface area (Å²) in [6.07, 6.45) is 3.83. The zero-order chi connectivity index (χ0) is 11.5. The number of allylic oxidation sites excluding steroid dienone is 2. The SMILES string of the molecule is O=C1CC=C(Cc2cccc(F)c2F)CC1. The average Bonchev–Trinajstić information content (AvgIpc) is 2.28. The minimum absolute atomic E-state index is 0.212. The molecular formula is C13H12F2O. The molecular weight excluding hydrogens is 210 g/mol. The number of Topliss-reactive ketones (excluding diaryl/α,β-unsaturated/α-hetero) is 1. The lowest BCUT2D eigenvalue weighted by molar-refractivity contribution is -0.118. The first-order valence-electron chi connectivity index (χ1n) is 5.29. The number of hydrogen-bond acceptors (Lipinski definition) is 1. The van der Waals surface area contributed by atoms with Gasteiger partial charge in [-0.3, -0.25) is 4.79 Å². The fourth-order valence-electron chi connectivity index (χ4n) is 1.85. The van der Waals surface area contributed by atoms with E-state index < -0.39 is 11.6 Å². The predicted molar refractivity (Wildman–Crippen MR) is 57.0 cm³/mol. The number of carbonyl (C=O) groups is 1. The normalized spacial score (nSPS) is 16.1. The summed E-state index contributed by atoms with van der Waals surface area (Å²) in [7, 11) is 0. The minimum Gasteiger partial charge on any atom is -0.299 e. The van der Waals surface area contributed by atoms with E-state index in [-0.39, 0.29) is 5.78 Å². The van der Waals surface area contributed by atoms with Crippen molar-refractivity contribution in [1.29, 1.82) is 0 Å². The number of ketones is 1. The van der Waals surface area contributed by atoms with Gasteiger partial charge in [0.25, 0.3) is 0 Å². The molecule has 1 aromatic rings. The number of benzene rings is 1. The highest BCUT2D eigenvalue weighted by molar-refractivity contribution is 5.81. The Balaban J connectivity index is 2.15. The third kappa shape index (κ3) is 2.35. The van der Waals surface area contributed by atoms with Crippen molar-refractivity contribution in [3.63, 3.8) is 0 Å². The monoisotopic (exact) mass is 222 g/mol. The molecule has 1 nitrogen and oxygen atoms in total. The van der Waals surface area contributed by atoms with Gasteiger partial charge in [0.2, 0.25) is 0 Å². The molecule has 0 heterocycles. The van der Waals surface area contributed by atoms with Gasteiger partial charge in [-0.15, -0.1) is 0 Å². The van der Waals surface area contributed by atoms with Crippen LogP contribution >= 0.6 is 0 Å². The van der Waals surface area contributed by atoms with Crippen molar-refractivity contribution in [3.05, 3.63) is 47.0 Å². The summed E-state index contributed by atoms with van der Waals surface area (Å²) in [6, 6.07) is 4.19. The Morgan fingerprint density at radius 1 is 1.19 bits per heavy atom. The first-order chi connectivity index (χ1) is 7.66. The van der Waals surface area contributed by atoms with Crippen molar-refractivity contribution in [3.8, 4) is 0 Å². The second-order valence-electron chi connectivity index (χ2n) is 3.99. The van der Waals surface area contributed by atoms with Crippen LogP contribution in [0, 0.1) is 11.6 Å². The van der Waals surface area contributed by atoms with Crippen molar-refractivity contribution in [1.82, 2.24) is 0 Å². The molecule has 0 atom stereocenters. The molecule has 0 aliphatic heterocycles. The van der Waals surface area contributed by atoms with E-state index >= 15 is 0 Å². The first kappa shape index (κ1) is 11.0. The Morgan fingerprint density at radius 3 is 2.69 bits per heavy atom. The molecule has 1 aliphatic rings. The van der Waals surface area contributed by atoms with E-state index in [9.17, 15) is 13.6 Å². The molecule has 0 radical (unpaired) electrons. The van der Waals surface area contributed by atoms with Crippen LogP contribution in [0.25, 0.3) is 0 Å². The highest BCUT2D eigenvalue weighted by Crippen LogP contribution is 2.21. The molecule has 0 bridgehead atoms. The van der Waals surface area contributed by atoms with Gasteiger partial charge in [-0.25, -0.2) is 8.78 Å². The lowest BCUT2D eigenvalue weighted by Gasteiger charge is -2.12. The van der Waals surface area contributed by atoms with Gasteiger partial charge in [0.1, 0.15) is 5.78 Å². The summed E-state index contributed by atoms with van der Waals surface area (Å²) in [5, 5.41) is 0. The second kappa shape index (κ2) is 4.56. The van der Waals surface area contributed by atoms with Gasteiger partial charge in [0, 0.05) is 12.8 Å². The molecule has 1 aliphatic carbocycles. The summed E-state index contributed by atoms with van der Waals surface area (Å²) in [4.78, 5) is 11.0. The highest BCUT2D eigenvalue weighted by atomic mass is 19.2. The van der Waals surface area contributed by atoms with E-state index in [1.54, 1.807) is 6.07 Å². The molecule has 0 N–H and O–H groups in total. The lowest BCUT2D eigenvalue weighted by Crippen LogP contribution is -2.06. The van der Waals surface area contributed by atoms with Crippen molar-refractivity contribution < 1.29 is 13.6 Å². The predicted octanol–water partition coefficient (Wildman–Crippen LogP) is 3.19. The van der Waals surface area contributed by atoms with E-state index in [1.165, 1.54) is 6.07 Å². The Morgan fingerprint density at radius 2 is 2.00 bits per heavy atom. The van der Waals surface area contributed by atoms with Gasteiger partial charge in [-0.05, 0) is 24.5 Å².